The van der Waals surface area contributed by atoms with Crippen LogP contribution >= 0.6 is 0 Å². The fourth-order valence-corrected chi connectivity index (χ4v) is 2.67. The lowest BCUT2D eigenvalue weighted by atomic mass is 10.1. The number of aromatic nitrogens is 2. The van der Waals surface area contributed by atoms with Crippen molar-refractivity contribution in [3.05, 3.63) is 96.0 Å². The van der Waals surface area contributed by atoms with Gasteiger partial charge in [-0.15, -0.1) is 0 Å². The Bertz CT molecular complexity index is 985. The molecule has 0 saturated heterocycles. The predicted molar refractivity (Wildman–Crippen MR) is 108 cm³/mol. The molecule has 0 bridgehead atoms. The molecule has 148 valence electrons. The second-order valence-corrected chi connectivity index (χ2v) is 6.31. The van der Waals surface area contributed by atoms with E-state index in [1.54, 1.807) is 55.0 Å². The van der Waals surface area contributed by atoms with E-state index in [0.717, 1.165) is 0 Å². The first-order chi connectivity index (χ1) is 14.1. The van der Waals surface area contributed by atoms with Crippen LogP contribution in [0.5, 0.6) is 0 Å². The molecule has 7 heteroatoms. The molecule has 3 rings (SSSR count). The molecule has 0 unspecified atom stereocenters. The van der Waals surface area contributed by atoms with Gasteiger partial charge >= 0.3 is 0 Å². The van der Waals surface area contributed by atoms with Crippen LogP contribution in [0.2, 0.25) is 0 Å². The van der Waals surface area contributed by atoms with Gasteiger partial charge in [-0.2, -0.15) is 0 Å². The number of nitrogens with one attached hydrogen (secondary N) is 2. The smallest absolute Gasteiger partial charge is 0.267 e. The summed E-state index contributed by atoms with van der Waals surface area (Å²) in [6, 6.07) is 14.6. The van der Waals surface area contributed by atoms with Gasteiger partial charge in [0.05, 0.1) is 6.33 Å². The average molecular weight is 392 g/mol. The Hall–Kier alpha value is -3.74. The molecule has 3 aromatic rings. The van der Waals surface area contributed by atoms with Crippen LogP contribution < -0.4 is 10.6 Å². The lowest BCUT2D eigenvalue weighted by molar-refractivity contribution is -0.117. The largest absolute Gasteiger partial charge is 0.351 e. The number of aryl methyl sites for hydroxylation is 1. The Labute approximate surface area is 168 Å². The molecule has 6 nitrogen and oxygen atoms in total. The number of hydrogen-bond donors (Lipinski definition) is 2. The van der Waals surface area contributed by atoms with Crippen molar-refractivity contribution in [1.29, 1.82) is 0 Å². The third-order valence-electron chi connectivity index (χ3n) is 4.17. The third kappa shape index (κ3) is 5.87. The Kier molecular flexibility index (Phi) is 6.89. The second kappa shape index (κ2) is 9.98. The first-order valence-corrected chi connectivity index (χ1v) is 9.20. The Morgan fingerprint density at radius 1 is 1.07 bits per heavy atom. The average Bonchev–Trinajstić information content (AvgIpc) is 3.26. The summed E-state index contributed by atoms with van der Waals surface area (Å²) in [6.07, 6.45) is 7.24. The summed E-state index contributed by atoms with van der Waals surface area (Å²) in [5.41, 5.74) is 0.593. The van der Waals surface area contributed by atoms with Crippen molar-refractivity contribution in [2.45, 2.75) is 13.0 Å². The van der Waals surface area contributed by atoms with E-state index in [2.05, 4.69) is 15.6 Å². The summed E-state index contributed by atoms with van der Waals surface area (Å²) in [5.74, 6) is -1.41. The summed E-state index contributed by atoms with van der Waals surface area (Å²) in [4.78, 5) is 29.1. The predicted octanol–water partition coefficient (Wildman–Crippen LogP) is 3.00. The van der Waals surface area contributed by atoms with Crippen molar-refractivity contribution in [3.8, 4) is 0 Å². The summed E-state index contributed by atoms with van der Waals surface area (Å²) in [5, 5.41) is 5.36. The maximum atomic E-state index is 14.0. The topological polar surface area (TPSA) is 76.0 Å². The van der Waals surface area contributed by atoms with Crippen LogP contribution in [0.3, 0.4) is 0 Å². The van der Waals surface area contributed by atoms with Crippen LogP contribution in [0, 0.1) is 5.82 Å². The second-order valence-electron chi connectivity index (χ2n) is 6.31. The van der Waals surface area contributed by atoms with Crippen LogP contribution in [0.4, 0.5) is 4.39 Å². The molecule has 0 aliphatic carbocycles. The Balaban J connectivity index is 1.70. The fraction of sp³-hybridized carbons (Fsp3) is 0.136. The van der Waals surface area contributed by atoms with Crippen molar-refractivity contribution in [2.24, 2.45) is 0 Å². The first kappa shape index (κ1) is 20.0. The minimum Gasteiger partial charge on any atom is -0.351 e. The number of carbonyl (C=O) groups excluding carboxylic acids is 2. The summed E-state index contributed by atoms with van der Waals surface area (Å²) in [6.45, 7) is 1.09. The minimum atomic E-state index is -0.483. The Morgan fingerprint density at radius 3 is 2.55 bits per heavy atom. The maximum absolute atomic E-state index is 14.0. The molecule has 0 spiro atoms. The number of benzene rings is 2. The number of carbonyl (C=O) groups is 2. The quantitative estimate of drug-likeness (QED) is 0.457. The minimum absolute atomic E-state index is 0.0217. The molecule has 1 aromatic heterocycles. The molecular formula is C22H21FN4O2. The maximum Gasteiger partial charge on any atom is 0.267 e. The molecule has 1 heterocycles. The normalized spacial score (nSPS) is 11.1. The van der Waals surface area contributed by atoms with E-state index in [9.17, 15) is 14.0 Å². The van der Waals surface area contributed by atoms with E-state index in [1.165, 1.54) is 18.2 Å². The van der Waals surface area contributed by atoms with E-state index in [4.69, 9.17) is 0 Å². The number of nitrogens with zero attached hydrogens (tertiary/aromatic N) is 2. The van der Waals surface area contributed by atoms with Gasteiger partial charge in [-0.25, -0.2) is 9.37 Å². The highest BCUT2D eigenvalue weighted by molar-refractivity contribution is 6.05. The van der Waals surface area contributed by atoms with Crippen molar-refractivity contribution >= 4 is 17.9 Å². The Morgan fingerprint density at radius 2 is 1.83 bits per heavy atom. The third-order valence-corrected chi connectivity index (χ3v) is 4.17. The van der Waals surface area contributed by atoms with Gasteiger partial charge in [-0.05, 0) is 30.7 Å². The monoisotopic (exact) mass is 392 g/mol. The van der Waals surface area contributed by atoms with Gasteiger partial charge in [-0.3, -0.25) is 9.59 Å². The molecule has 2 N–H and O–H groups in total. The van der Waals surface area contributed by atoms with Gasteiger partial charge in [-0.1, -0.05) is 36.4 Å². The zero-order valence-corrected chi connectivity index (χ0v) is 15.7. The van der Waals surface area contributed by atoms with Gasteiger partial charge < -0.3 is 15.2 Å². The van der Waals surface area contributed by atoms with Crippen LogP contribution in [-0.2, 0) is 11.3 Å². The molecule has 0 radical (unpaired) electrons. The van der Waals surface area contributed by atoms with Crippen LogP contribution in [0.25, 0.3) is 6.08 Å². The lowest BCUT2D eigenvalue weighted by Crippen LogP contribution is -2.35. The molecule has 0 aliphatic heterocycles. The number of imidazole rings is 1. The zero-order valence-electron chi connectivity index (χ0n) is 15.7. The SMILES string of the molecule is O=C(NCCCn1ccnc1)/C(=C/c1ccccc1F)NC(=O)c1ccccc1. The highest BCUT2D eigenvalue weighted by atomic mass is 19.1. The van der Waals surface area contributed by atoms with Crippen molar-refractivity contribution < 1.29 is 14.0 Å². The number of rotatable bonds is 8. The number of halogens is 1. The van der Waals surface area contributed by atoms with E-state index in [-0.39, 0.29) is 11.3 Å². The molecule has 2 amide bonds. The number of hydrogen-bond acceptors (Lipinski definition) is 3. The van der Waals surface area contributed by atoms with Crippen molar-refractivity contribution in [2.75, 3.05) is 6.54 Å². The van der Waals surface area contributed by atoms with Crippen molar-refractivity contribution in [1.82, 2.24) is 20.2 Å². The van der Waals surface area contributed by atoms with E-state index >= 15 is 0 Å². The van der Waals surface area contributed by atoms with Gasteiger partial charge in [0.15, 0.2) is 0 Å². The highest BCUT2D eigenvalue weighted by Gasteiger charge is 2.15. The highest BCUT2D eigenvalue weighted by Crippen LogP contribution is 2.11. The standard InChI is InChI=1S/C22H21FN4O2/c23-19-10-5-4-9-18(19)15-20(26-21(28)17-7-2-1-3-8-17)22(29)25-11-6-13-27-14-12-24-16-27/h1-5,7-10,12,14-16H,6,11,13H2,(H,25,29)(H,26,28)/b20-15-. The van der Waals surface area contributed by atoms with Crippen LogP contribution in [-0.4, -0.2) is 27.9 Å². The van der Waals surface area contributed by atoms with Crippen LogP contribution in [0.15, 0.2) is 79.0 Å². The van der Waals surface area contributed by atoms with Gasteiger partial charge in [0.2, 0.25) is 0 Å². The first-order valence-electron chi connectivity index (χ1n) is 9.20. The molecule has 29 heavy (non-hydrogen) atoms. The van der Waals surface area contributed by atoms with Crippen LogP contribution in [0.1, 0.15) is 22.3 Å². The summed E-state index contributed by atoms with van der Waals surface area (Å²) < 4.78 is 15.9. The molecule has 0 atom stereocenters. The fourth-order valence-electron chi connectivity index (χ4n) is 2.67. The molecule has 2 aromatic carbocycles. The zero-order chi connectivity index (χ0) is 20.5. The molecule has 0 saturated carbocycles. The number of amides is 2. The lowest BCUT2D eigenvalue weighted by Gasteiger charge is -2.12. The molecular weight excluding hydrogens is 371 g/mol. The van der Waals surface area contributed by atoms with E-state index in [1.807, 2.05) is 10.8 Å². The summed E-state index contributed by atoms with van der Waals surface area (Å²) >= 11 is 0. The van der Waals surface area contributed by atoms with E-state index < -0.39 is 17.6 Å². The molecule has 0 aliphatic rings. The summed E-state index contributed by atoms with van der Waals surface area (Å²) in [7, 11) is 0. The van der Waals surface area contributed by atoms with Crippen molar-refractivity contribution in [3.63, 3.8) is 0 Å². The molecule has 0 fully saturated rings. The van der Waals surface area contributed by atoms with Gasteiger partial charge in [0, 0.05) is 36.6 Å². The van der Waals surface area contributed by atoms with Gasteiger partial charge in [0.1, 0.15) is 11.5 Å². The van der Waals surface area contributed by atoms with Gasteiger partial charge in [0.25, 0.3) is 11.8 Å². The van der Waals surface area contributed by atoms with E-state index in [0.29, 0.717) is 25.1 Å².